The Hall–Kier alpha value is -3.63. The van der Waals surface area contributed by atoms with E-state index < -0.39 is 6.04 Å². The number of pyridine rings is 1. The molecule has 3 atom stereocenters. The molecule has 1 aliphatic carbocycles. The molecule has 3 aromatic rings. The zero-order valence-electron chi connectivity index (χ0n) is 19.9. The summed E-state index contributed by atoms with van der Waals surface area (Å²) in [6.07, 6.45) is 4.93. The average Bonchev–Trinajstić information content (AvgIpc) is 3.15. The molecule has 0 unspecified atom stereocenters. The molecule has 1 N–H and O–H groups in total. The van der Waals surface area contributed by atoms with E-state index in [1.165, 1.54) is 6.92 Å². The standard InChI is InChI=1S/C23H26BN7O3/c1-11-21-15(5-16(27-11)14-8-25-13(3)26-9-14)20(12(2)32)29-30(21)10-19(33)31-17(22(34)28-24)6-23(4)7-18(23)31/h5,8-9,17-18H,6-7,10,24H2,1-4H3,(H,28,34)/t17-,18+,23-/m0/s1. The number of hydrogen-bond acceptors (Lipinski definition) is 7. The van der Waals surface area contributed by atoms with Gasteiger partial charge >= 0.3 is 0 Å². The lowest BCUT2D eigenvalue weighted by molar-refractivity contribution is -0.139. The van der Waals surface area contributed by atoms with Gasteiger partial charge in [0.15, 0.2) is 5.78 Å². The van der Waals surface area contributed by atoms with Gasteiger partial charge in [0.1, 0.15) is 24.1 Å². The minimum Gasteiger partial charge on any atom is -0.404 e. The van der Waals surface area contributed by atoms with Gasteiger partial charge in [0.2, 0.25) is 19.8 Å². The number of rotatable bonds is 5. The molecule has 10 nitrogen and oxygen atoms in total. The quantitative estimate of drug-likeness (QED) is 0.441. The fourth-order valence-electron chi connectivity index (χ4n) is 5.18. The van der Waals surface area contributed by atoms with Crippen molar-refractivity contribution in [3.05, 3.63) is 35.7 Å². The van der Waals surface area contributed by atoms with Crippen molar-refractivity contribution in [2.75, 3.05) is 0 Å². The Morgan fingerprint density at radius 2 is 1.91 bits per heavy atom. The van der Waals surface area contributed by atoms with Crippen molar-refractivity contribution < 1.29 is 14.4 Å². The summed E-state index contributed by atoms with van der Waals surface area (Å²) in [5, 5.41) is 7.81. The minimum absolute atomic E-state index is 0.00789. The first-order valence-electron chi connectivity index (χ1n) is 11.3. The molecule has 1 aliphatic heterocycles. The van der Waals surface area contributed by atoms with E-state index in [1.807, 2.05) is 6.92 Å². The van der Waals surface area contributed by atoms with Gasteiger partial charge in [0, 0.05) is 36.3 Å². The van der Waals surface area contributed by atoms with Crippen LogP contribution in [0.5, 0.6) is 0 Å². The molecule has 2 amide bonds. The number of nitrogens with zero attached hydrogens (tertiary/aromatic N) is 6. The van der Waals surface area contributed by atoms with Crippen molar-refractivity contribution in [3.63, 3.8) is 0 Å². The molecule has 4 heterocycles. The largest absolute Gasteiger partial charge is 0.404 e. The third kappa shape index (κ3) is 3.46. The predicted octanol–water partition coefficient (Wildman–Crippen LogP) is 0.752. The fraction of sp³-hybridized carbons (Fsp3) is 0.435. The van der Waals surface area contributed by atoms with E-state index in [-0.39, 0.29) is 41.3 Å². The Morgan fingerprint density at radius 3 is 2.56 bits per heavy atom. The van der Waals surface area contributed by atoms with Crippen molar-refractivity contribution in [2.45, 2.75) is 59.2 Å². The lowest BCUT2D eigenvalue weighted by atomic mass is 10.0. The number of hydrogen-bond donors (Lipinski definition) is 1. The summed E-state index contributed by atoms with van der Waals surface area (Å²) in [6, 6.07) is 1.37. The van der Waals surface area contributed by atoms with Crippen molar-refractivity contribution in [2.24, 2.45) is 5.41 Å². The van der Waals surface area contributed by atoms with E-state index in [2.05, 4.69) is 32.2 Å². The van der Waals surface area contributed by atoms with Gasteiger partial charge in [-0.2, -0.15) is 5.10 Å². The Bertz CT molecular complexity index is 1350. The van der Waals surface area contributed by atoms with Crippen LogP contribution in [0.3, 0.4) is 0 Å². The first kappa shape index (κ1) is 22.2. The highest BCUT2D eigenvalue weighted by molar-refractivity contribution is 6.15. The van der Waals surface area contributed by atoms with Gasteiger partial charge in [-0.1, -0.05) is 6.92 Å². The van der Waals surface area contributed by atoms with E-state index in [4.69, 9.17) is 0 Å². The van der Waals surface area contributed by atoms with E-state index in [0.29, 0.717) is 34.5 Å². The maximum atomic E-state index is 13.4. The van der Waals surface area contributed by atoms with Crippen LogP contribution < -0.4 is 5.23 Å². The van der Waals surface area contributed by atoms with Gasteiger partial charge in [0.25, 0.3) is 0 Å². The van der Waals surface area contributed by atoms with Crippen LogP contribution in [0, 0.1) is 19.3 Å². The van der Waals surface area contributed by atoms with Gasteiger partial charge in [-0.05, 0) is 38.2 Å². The molecule has 2 aliphatic rings. The topological polar surface area (TPSA) is 123 Å². The summed E-state index contributed by atoms with van der Waals surface area (Å²) >= 11 is 0. The number of Topliss-reactive ketones (excluding diaryl/α,β-unsaturated/α-hetero) is 1. The Balaban J connectivity index is 1.54. The number of ketones is 1. The maximum Gasteiger partial charge on any atom is 0.245 e. The van der Waals surface area contributed by atoms with Crippen LogP contribution in [0.2, 0.25) is 0 Å². The second-order valence-electron chi connectivity index (χ2n) is 9.58. The van der Waals surface area contributed by atoms with E-state index in [0.717, 1.165) is 12.0 Å². The maximum absolute atomic E-state index is 13.4. The number of nitrogens with one attached hydrogen (secondary N) is 1. The third-order valence-corrected chi connectivity index (χ3v) is 7.07. The molecular formula is C23H26BN7O3. The summed E-state index contributed by atoms with van der Waals surface area (Å²) in [6.45, 7) is 7.13. The highest BCUT2D eigenvalue weighted by Gasteiger charge is 2.64. The highest BCUT2D eigenvalue weighted by Crippen LogP contribution is 2.59. The van der Waals surface area contributed by atoms with Crippen LogP contribution >= 0.6 is 0 Å². The number of carbonyl (C=O) groups is 3. The molecule has 3 aromatic heterocycles. The molecule has 0 spiro atoms. The summed E-state index contributed by atoms with van der Waals surface area (Å²) < 4.78 is 1.55. The highest BCUT2D eigenvalue weighted by atomic mass is 16.2. The molecule has 0 bridgehead atoms. The Kier molecular flexibility index (Phi) is 5.03. The molecule has 174 valence electrons. The zero-order chi connectivity index (χ0) is 24.4. The SMILES string of the molecule is BNC(=O)[C@@H]1C[C@@]2(C)C[C@H]2N1C(=O)Cn1nc(C(C)=O)c2cc(-c3cnc(C)nc3)nc(C)c21. The zero-order valence-corrected chi connectivity index (χ0v) is 19.9. The number of fused-ring (bicyclic) bond motifs is 2. The number of carbonyl (C=O) groups excluding carboxylic acids is 3. The first-order valence-corrected chi connectivity index (χ1v) is 11.3. The first-order chi connectivity index (χ1) is 16.1. The van der Waals surface area contributed by atoms with Gasteiger partial charge in [-0.25, -0.2) is 9.97 Å². The van der Waals surface area contributed by atoms with Crippen LogP contribution in [0.1, 0.15) is 48.7 Å². The van der Waals surface area contributed by atoms with Crippen LogP contribution in [-0.4, -0.2) is 67.3 Å². The van der Waals surface area contributed by atoms with Crippen molar-refractivity contribution >= 4 is 36.5 Å². The smallest absolute Gasteiger partial charge is 0.245 e. The molecule has 34 heavy (non-hydrogen) atoms. The van der Waals surface area contributed by atoms with Crippen molar-refractivity contribution in [1.82, 2.24) is 34.9 Å². The molecule has 5 rings (SSSR count). The van der Waals surface area contributed by atoms with E-state index >= 15 is 0 Å². The normalized spacial score (nSPS) is 23.1. The van der Waals surface area contributed by atoms with E-state index in [1.54, 1.807) is 42.9 Å². The lowest BCUT2D eigenvalue weighted by Gasteiger charge is -2.26. The molecule has 1 saturated heterocycles. The summed E-state index contributed by atoms with van der Waals surface area (Å²) in [5.41, 5.74) is 2.90. The van der Waals surface area contributed by atoms with Crippen LogP contribution in [0.4, 0.5) is 0 Å². The molecule has 0 radical (unpaired) electrons. The summed E-state index contributed by atoms with van der Waals surface area (Å²) in [5.74, 6) is 0.113. The van der Waals surface area contributed by atoms with Crippen LogP contribution in [0.25, 0.3) is 22.2 Å². The Morgan fingerprint density at radius 1 is 1.21 bits per heavy atom. The predicted molar refractivity (Wildman–Crippen MR) is 126 cm³/mol. The third-order valence-electron chi connectivity index (χ3n) is 7.07. The second-order valence-corrected chi connectivity index (χ2v) is 9.58. The average molecular weight is 459 g/mol. The van der Waals surface area contributed by atoms with Gasteiger partial charge in [-0.3, -0.25) is 24.0 Å². The number of aryl methyl sites for hydroxylation is 2. The molecule has 2 fully saturated rings. The number of piperidine rings is 1. The summed E-state index contributed by atoms with van der Waals surface area (Å²) in [7, 11) is 1.59. The van der Waals surface area contributed by atoms with Gasteiger partial charge in [0.05, 0.1) is 16.9 Å². The number of amides is 2. The Labute approximate surface area is 197 Å². The van der Waals surface area contributed by atoms with Gasteiger partial charge < -0.3 is 10.1 Å². The van der Waals surface area contributed by atoms with E-state index in [9.17, 15) is 14.4 Å². The second kappa shape index (κ2) is 7.71. The monoisotopic (exact) mass is 459 g/mol. The number of aromatic nitrogens is 5. The number of likely N-dealkylation sites (tertiary alicyclic amines) is 1. The van der Waals surface area contributed by atoms with Crippen LogP contribution in [0.15, 0.2) is 18.5 Å². The molecule has 0 aromatic carbocycles. The fourth-order valence-corrected chi connectivity index (χ4v) is 5.18. The summed E-state index contributed by atoms with van der Waals surface area (Å²) in [4.78, 5) is 53.2. The molecule has 1 saturated carbocycles. The molecular weight excluding hydrogens is 433 g/mol. The lowest BCUT2D eigenvalue weighted by Crippen LogP contribution is -2.48. The van der Waals surface area contributed by atoms with Gasteiger partial charge in [-0.15, -0.1) is 0 Å². The molecule has 11 heteroatoms. The van der Waals surface area contributed by atoms with Crippen LogP contribution in [-0.2, 0) is 16.1 Å². The van der Waals surface area contributed by atoms with Crippen molar-refractivity contribution in [1.29, 1.82) is 0 Å². The van der Waals surface area contributed by atoms with Crippen molar-refractivity contribution in [3.8, 4) is 11.3 Å². The minimum atomic E-state index is -0.484.